The van der Waals surface area contributed by atoms with E-state index in [0.717, 1.165) is 11.3 Å². The van der Waals surface area contributed by atoms with Gasteiger partial charge in [-0.25, -0.2) is 8.78 Å². The lowest BCUT2D eigenvalue weighted by atomic mass is 10.1. The highest BCUT2D eigenvalue weighted by molar-refractivity contribution is 6.32. The SMILES string of the molecule is COc1cc(NCc2cccc(C(F)F)c2)ccc1Cl. The number of rotatable bonds is 5. The maximum atomic E-state index is 12.6. The van der Waals surface area contributed by atoms with Crippen LogP contribution in [0.5, 0.6) is 5.75 Å². The Morgan fingerprint density at radius 1 is 1.20 bits per heavy atom. The van der Waals surface area contributed by atoms with Gasteiger partial charge in [0.2, 0.25) is 0 Å². The molecule has 0 saturated carbocycles. The average molecular weight is 298 g/mol. The smallest absolute Gasteiger partial charge is 0.263 e. The molecule has 0 unspecified atom stereocenters. The van der Waals surface area contributed by atoms with E-state index in [1.807, 2.05) is 6.07 Å². The van der Waals surface area contributed by atoms with Crippen LogP contribution in [-0.4, -0.2) is 7.11 Å². The number of hydrogen-bond donors (Lipinski definition) is 1. The number of anilines is 1. The molecule has 106 valence electrons. The summed E-state index contributed by atoms with van der Waals surface area (Å²) < 4.78 is 30.3. The van der Waals surface area contributed by atoms with E-state index in [0.29, 0.717) is 17.3 Å². The molecule has 2 aromatic carbocycles. The van der Waals surface area contributed by atoms with Crippen molar-refractivity contribution in [3.05, 3.63) is 58.6 Å². The first-order valence-corrected chi connectivity index (χ1v) is 6.42. The summed E-state index contributed by atoms with van der Waals surface area (Å²) in [5, 5.41) is 3.67. The molecule has 0 spiro atoms. The maximum Gasteiger partial charge on any atom is 0.263 e. The van der Waals surface area contributed by atoms with Crippen molar-refractivity contribution in [2.75, 3.05) is 12.4 Å². The van der Waals surface area contributed by atoms with Crippen LogP contribution in [0.25, 0.3) is 0 Å². The minimum absolute atomic E-state index is 0.0259. The lowest BCUT2D eigenvalue weighted by Crippen LogP contribution is -2.00. The summed E-state index contributed by atoms with van der Waals surface area (Å²) in [6, 6.07) is 11.6. The molecule has 0 heterocycles. The summed E-state index contributed by atoms with van der Waals surface area (Å²) in [6.07, 6.45) is -2.45. The fourth-order valence-electron chi connectivity index (χ4n) is 1.81. The summed E-state index contributed by atoms with van der Waals surface area (Å²) in [5.74, 6) is 0.568. The molecule has 2 nitrogen and oxygen atoms in total. The van der Waals surface area contributed by atoms with Crippen molar-refractivity contribution in [2.24, 2.45) is 0 Å². The molecular weight excluding hydrogens is 284 g/mol. The third kappa shape index (κ3) is 3.61. The topological polar surface area (TPSA) is 21.3 Å². The number of hydrogen-bond acceptors (Lipinski definition) is 2. The number of methoxy groups -OCH3 is 1. The molecule has 20 heavy (non-hydrogen) atoms. The van der Waals surface area contributed by atoms with Crippen molar-refractivity contribution < 1.29 is 13.5 Å². The van der Waals surface area contributed by atoms with E-state index < -0.39 is 6.43 Å². The van der Waals surface area contributed by atoms with Crippen LogP contribution in [-0.2, 0) is 6.54 Å². The first kappa shape index (κ1) is 14.6. The van der Waals surface area contributed by atoms with Crippen molar-refractivity contribution in [1.29, 1.82) is 0 Å². The Kier molecular flexibility index (Phi) is 4.79. The molecule has 0 aromatic heterocycles. The van der Waals surface area contributed by atoms with Crippen LogP contribution in [0.1, 0.15) is 17.6 Å². The molecule has 0 aliphatic rings. The van der Waals surface area contributed by atoms with Crippen molar-refractivity contribution in [2.45, 2.75) is 13.0 Å². The van der Waals surface area contributed by atoms with Crippen LogP contribution in [0, 0.1) is 0 Å². The highest BCUT2D eigenvalue weighted by atomic mass is 35.5. The quantitative estimate of drug-likeness (QED) is 0.847. The second kappa shape index (κ2) is 6.57. The number of nitrogens with one attached hydrogen (secondary N) is 1. The van der Waals surface area contributed by atoms with E-state index in [2.05, 4.69) is 5.32 Å². The highest BCUT2D eigenvalue weighted by Gasteiger charge is 2.07. The molecule has 0 amide bonds. The third-order valence-electron chi connectivity index (χ3n) is 2.85. The Bertz CT molecular complexity index is 590. The van der Waals surface area contributed by atoms with Gasteiger partial charge >= 0.3 is 0 Å². The van der Waals surface area contributed by atoms with Gasteiger partial charge in [-0.3, -0.25) is 0 Å². The molecule has 0 aliphatic heterocycles. The first-order valence-electron chi connectivity index (χ1n) is 6.04. The lowest BCUT2D eigenvalue weighted by Gasteiger charge is -2.10. The van der Waals surface area contributed by atoms with Gasteiger partial charge < -0.3 is 10.1 Å². The van der Waals surface area contributed by atoms with Crippen molar-refractivity contribution in [3.63, 3.8) is 0 Å². The van der Waals surface area contributed by atoms with Gasteiger partial charge in [0, 0.05) is 23.9 Å². The van der Waals surface area contributed by atoms with Gasteiger partial charge in [-0.1, -0.05) is 29.8 Å². The third-order valence-corrected chi connectivity index (χ3v) is 3.16. The van der Waals surface area contributed by atoms with E-state index in [-0.39, 0.29) is 5.56 Å². The molecule has 1 N–H and O–H groups in total. The largest absolute Gasteiger partial charge is 0.495 e. The normalized spacial score (nSPS) is 10.7. The average Bonchev–Trinajstić information content (AvgIpc) is 2.46. The summed E-state index contributed by atoms with van der Waals surface area (Å²) in [5.41, 5.74) is 1.63. The molecule has 2 rings (SSSR count). The van der Waals surface area contributed by atoms with Gasteiger partial charge in [-0.05, 0) is 23.8 Å². The standard InChI is InChI=1S/C15H14ClF2NO/c1-20-14-8-12(5-6-13(14)16)19-9-10-3-2-4-11(7-10)15(17)18/h2-8,15,19H,9H2,1H3. The van der Waals surface area contributed by atoms with E-state index >= 15 is 0 Å². The van der Waals surface area contributed by atoms with E-state index in [1.165, 1.54) is 19.2 Å². The summed E-state index contributed by atoms with van der Waals surface area (Å²) in [6.45, 7) is 0.450. The monoisotopic (exact) mass is 297 g/mol. The molecular formula is C15H14ClF2NO. The molecule has 0 aliphatic carbocycles. The van der Waals surface area contributed by atoms with Crippen LogP contribution >= 0.6 is 11.6 Å². The van der Waals surface area contributed by atoms with E-state index in [1.54, 1.807) is 24.3 Å². The minimum Gasteiger partial charge on any atom is -0.495 e. The van der Waals surface area contributed by atoms with Crippen LogP contribution in [0.4, 0.5) is 14.5 Å². The van der Waals surface area contributed by atoms with Gasteiger partial charge in [-0.2, -0.15) is 0 Å². The Labute approximate surface area is 121 Å². The van der Waals surface area contributed by atoms with Crippen molar-refractivity contribution in [3.8, 4) is 5.75 Å². The van der Waals surface area contributed by atoms with Crippen LogP contribution in [0.2, 0.25) is 5.02 Å². The lowest BCUT2D eigenvalue weighted by molar-refractivity contribution is 0.151. The molecule has 0 atom stereocenters. The zero-order chi connectivity index (χ0) is 14.5. The molecule has 5 heteroatoms. The molecule has 0 saturated heterocycles. The highest BCUT2D eigenvalue weighted by Crippen LogP contribution is 2.27. The van der Waals surface area contributed by atoms with E-state index in [9.17, 15) is 8.78 Å². The summed E-state index contributed by atoms with van der Waals surface area (Å²) in [4.78, 5) is 0. The van der Waals surface area contributed by atoms with Gasteiger partial charge in [0.25, 0.3) is 6.43 Å². The second-order valence-electron chi connectivity index (χ2n) is 4.25. The number of alkyl halides is 2. The van der Waals surface area contributed by atoms with Crippen molar-refractivity contribution >= 4 is 17.3 Å². The van der Waals surface area contributed by atoms with Gasteiger partial charge in [-0.15, -0.1) is 0 Å². The Hall–Kier alpha value is -1.81. The predicted molar refractivity (Wildman–Crippen MR) is 76.7 cm³/mol. The van der Waals surface area contributed by atoms with Crippen molar-refractivity contribution in [1.82, 2.24) is 0 Å². The predicted octanol–water partition coefficient (Wildman–Crippen LogP) is 4.90. The van der Waals surface area contributed by atoms with Crippen LogP contribution < -0.4 is 10.1 Å². The Morgan fingerprint density at radius 3 is 2.70 bits per heavy atom. The first-order chi connectivity index (χ1) is 9.60. The van der Waals surface area contributed by atoms with Gasteiger partial charge in [0.05, 0.1) is 12.1 Å². The number of benzene rings is 2. The molecule has 0 bridgehead atoms. The summed E-state index contributed by atoms with van der Waals surface area (Å²) >= 11 is 5.93. The van der Waals surface area contributed by atoms with E-state index in [4.69, 9.17) is 16.3 Å². The molecule has 2 aromatic rings. The fourth-order valence-corrected chi connectivity index (χ4v) is 2.01. The minimum atomic E-state index is -2.45. The fraction of sp³-hybridized carbons (Fsp3) is 0.200. The van der Waals surface area contributed by atoms with Gasteiger partial charge in [0.15, 0.2) is 0 Å². The van der Waals surface area contributed by atoms with Crippen LogP contribution in [0.15, 0.2) is 42.5 Å². The zero-order valence-electron chi connectivity index (χ0n) is 10.9. The van der Waals surface area contributed by atoms with Crippen LogP contribution in [0.3, 0.4) is 0 Å². The van der Waals surface area contributed by atoms with Gasteiger partial charge in [0.1, 0.15) is 5.75 Å². The Morgan fingerprint density at radius 2 is 2.00 bits per heavy atom. The number of halogens is 3. The maximum absolute atomic E-state index is 12.6. The zero-order valence-corrected chi connectivity index (χ0v) is 11.6. The second-order valence-corrected chi connectivity index (χ2v) is 4.66. The molecule has 0 fully saturated rings. The summed E-state index contributed by atoms with van der Waals surface area (Å²) in [7, 11) is 1.54. The number of ether oxygens (including phenoxy) is 1. The Balaban J connectivity index is 2.07. The molecule has 0 radical (unpaired) electrons.